The zero-order valence-corrected chi connectivity index (χ0v) is 14.6. The fraction of sp³-hybridized carbons (Fsp3) is 0.118. The van der Waals surface area contributed by atoms with Gasteiger partial charge in [0, 0.05) is 5.69 Å². The Bertz CT molecular complexity index is 812. The highest BCUT2D eigenvalue weighted by molar-refractivity contribution is 6.32. The van der Waals surface area contributed by atoms with Crippen LogP contribution in [0, 0.1) is 0 Å². The van der Waals surface area contributed by atoms with E-state index in [0.29, 0.717) is 17.0 Å². The normalized spacial score (nSPS) is 10.4. The highest BCUT2D eigenvalue weighted by atomic mass is 35.5. The molecule has 3 amide bonds. The van der Waals surface area contributed by atoms with Crippen molar-refractivity contribution < 1.29 is 19.1 Å². The molecule has 0 aliphatic carbocycles. The number of primary amides is 1. The summed E-state index contributed by atoms with van der Waals surface area (Å²) >= 11 is 6.19. The summed E-state index contributed by atoms with van der Waals surface area (Å²) in [5.74, 6) is 0.188. The quantitative estimate of drug-likeness (QED) is 0.508. The fourth-order valence-corrected chi connectivity index (χ4v) is 2.25. The van der Waals surface area contributed by atoms with Crippen LogP contribution in [0.2, 0.25) is 5.02 Å². The first-order valence-electron chi connectivity index (χ1n) is 7.43. The van der Waals surface area contributed by atoms with Crippen LogP contribution in [0.1, 0.15) is 5.56 Å². The van der Waals surface area contributed by atoms with Crippen LogP contribution in [0.4, 0.5) is 10.5 Å². The van der Waals surface area contributed by atoms with Gasteiger partial charge in [0.15, 0.2) is 18.1 Å². The smallest absolute Gasteiger partial charge is 0.332 e. The lowest BCUT2D eigenvalue weighted by Gasteiger charge is -2.13. The molecule has 0 atom stereocenters. The number of nitrogens with zero attached hydrogens (tertiary/aromatic N) is 1. The van der Waals surface area contributed by atoms with Crippen molar-refractivity contribution in [2.24, 2.45) is 10.8 Å². The Balaban J connectivity index is 2.05. The molecule has 8 nitrogen and oxygen atoms in total. The Hall–Kier alpha value is -3.26. The van der Waals surface area contributed by atoms with E-state index in [-0.39, 0.29) is 23.3 Å². The number of benzene rings is 2. The summed E-state index contributed by atoms with van der Waals surface area (Å²) in [6, 6.07) is 11.3. The third kappa shape index (κ3) is 5.67. The molecule has 0 aliphatic rings. The summed E-state index contributed by atoms with van der Waals surface area (Å²) in [4.78, 5) is 22.6. The molecule has 0 unspecified atom stereocenters. The summed E-state index contributed by atoms with van der Waals surface area (Å²) in [6.45, 7) is -0.248. The van der Waals surface area contributed by atoms with Crippen LogP contribution in [0.5, 0.6) is 11.5 Å². The Labute approximate surface area is 154 Å². The molecular formula is C17H17ClN4O4. The van der Waals surface area contributed by atoms with Crippen LogP contribution >= 0.6 is 11.6 Å². The molecule has 0 fully saturated rings. The van der Waals surface area contributed by atoms with E-state index in [1.165, 1.54) is 13.3 Å². The maximum absolute atomic E-state index is 12.0. The molecule has 9 heteroatoms. The van der Waals surface area contributed by atoms with Crippen molar-refractivity contribution in [1.29, 1.82) is 0 Å². The fourth-order valence-electron chi connectivity index (χ4n) is 1.98. The largest absolute Gasteiger partial charge is 0.493 e. The SMILES string of the molecule is COc1cc(/C=N/NC(N)=O)cc(Cl)c1OCC(=O)Nc1ccccc1. The Morgan fingerprint density at radius 1 is 1.27 bits per heavy atom. The van der Waals surface area contributed by atoms with Gasteiger partial charge in [0.05, 0.1) is 18.3 Å². The third-order valence-electron chi connectivity index (χ3n) is 3.05. The molecule has 0 saturated carbocycles. The predicted molar refractivity (Wildman–Crippen MR) is 98.9 cm³/mol. The van der Waals surface area contributed by atoms with Gasteiger partial charge >= 0.3 is 6.03 Å². The van der Waals surface area contributed by atoms with Gasteiger partial charge in [-0.15, -0.1) is 0 Å². The highest BCUT2D eigenvalue weighted by Gasteiger charge is 2.13. The van der Waals surface area contributed by atoms with Crippen molar-refractivity contribution in [1.82, 2.24) is 5.43 Å². The van der Waals surface area contributed by atoms with Crippen molar-refractivity contribution in [2.75, 3.05) is 19.0 Å². The number of amides is 3. The van der Waals surface area contributed by atoms with Gasteiger partial charge in [0.1, 0.15) is 0 Å². The molecule has 2 aromatic rings. The number of rotatable bonds is 7. The van der Waals surface area contributed by atoms with E-state index in [1.807, 2.05) is 18.2 Å². The minimum absolute atomic E-state index is 0.220. The van der Waals surface area contributed by atoms with Crippen LogP contribution < -0.4 is 25.9 Å². The van der Waals surface area contributed by atoms with E-state index in [9.17, 15) is 9.59 Å². The molecule has 2 rings (SSSR count). The first kappa shape index (κ1) is 19.1. The van der Waals surface area contributed by atoms with E-state index in [1.54, 1.807) is 24.3 Å². The zero-order chi connectivity index (χ0) is 18.9. The second-order valence-electron chi connectivity index (χ2n) is 4.97. The Kier molecular flexibility index (Phi) is 6.81. The van der Waals surface area contributed by atoms with Crippen LogP contribution in [-0.2, 0) is 4.79 Å². The standard InChI is InChI=1S/C17H17ClN4O4/c1-25-14-8-11(9-20-22-17(19)24)7-13(18)16(14)26-10-15(23)21-12-5-3-2-4-6-12/h2-9H,10H2,1H3,(H,21,23)(H3,19,22,24)/b20-9+. The van der Waals surface area contributed by atoms with E-state index < -0.39 is 6.03 Å². The average Bonchev–Trinajstić information content (AvgIpc) is 2.61. The average molecular weight is 377 g/mol. The van der Waals surface area contributed by atoms with Crippen LogP contribution in [0.15, 0.2) is 47.6 Å². The van der Waals surface area contributed by atoms with Crippen LogP contribution in [0.3, 0.4) is 0 Å². The number of nitrogens with two attached hydrogens (primary N) is 1. The number of para-hydroxylation sites is 1. The summed E-state index contributed by atoms with van der Waals surface area (Å²) in [5.41, 5.74) is 8.19. The maximum atomic E-state index is 12.0. The zero-order valence-electron chi connectivity index (χ0n) is 13.9. The predicted octanol–water partition coefficient (Wildman–Crippen LogP) is 2.37. The number of nitrogens with one attached hydrogen (secondary N) is 2. The lowest BCUT2D eigenvalue weighted by atomic mass is 10.2. The van der Waals surface area contributed by atoms with Gasteiger partial charge in [0.25, 0.3) is 5.91 Å². The van der Waals surface area contributed by atoms with Crippen molar-refractivity contribution in [3.63, 3.8) is 0 Å². The number of hydrazone groups is 1. The van der Waals surface area contributed by atoms with Crippen molar-refractivity contribution >= 4 is 35.4 Å². The molecule has 0 saturated heterocycles. The number of halogens is 1. The molecule has 0 aromatic heterocycles. The van der Waals surface area contributed by atoms with E-state index in [4.69, 9.17) is 26.8 Å². The van der Waals surface area contributed by atoms with Crippen molar-refractivity contribution in [3.05, 3.63) is 53.1 Å². The van der Waals surface area contributed by atoms with Crippen LogP contribution in [0.25, 0.3) is 0 Å². The second kappa shape index (κ2) is 9.28. The minimum Gasteiger partial charge on any atom is -0.493 e. The summed E-state index contributed by atoms with van der Waals surface area (Å²) in [7, 11) is 1.44. The van der Waals surface area contributed by atoms with Crippen LogP contribution in [-0.4, -0.2) is 31.9 Å². The number of methoxy groups -OCH3 is 1. The topological polar surface area (TPSA) is 115 Å². The van der Waals surface area contributed by atoms with Gasteiger partial charge < -0.3 is 20.5 Å². The molecule has 136 valence electrons. The van der Waals surface area contributed by atoms with Gasteiger partial charge in [-0.05, 0) is 29.8 Å². The maximum Gasteiger partial charge on any atom is 0.332 e. The number of hydrogen-bond donors (Lipinski definition) is 3. The molecule has 0 heterocycles. The monoisotopic (exact) mass is 376 g/mol. The lowest BCUT2D eigenvalue weighted by molar-refractivity contribution is -0.118. The summed E-state index contributed by atoms with van der Waals surface area (Å²) in [5, 5.41) is 6.56. The molecule has 0 bridgehead atoms. The summed E-state index contributed by atoms with van der Waals surface area (Å²) in [6.07, 6.45) is 1.34. The molecule has 4 N–H and O–H groups in total. The number of carbonyl (C=O) groups excluding carboxylic acids is 2. The van der Waals surface area contributed by atoms with E-state index in [0.717, 1.165) is 0 Å². The lowest BCUT2D eigenvalue weighted by Crippen LogP contribution is -2.24. The molecule has 0 radical (unpaired) electrons. The Morgan fingerprint density at radius 2 is 2.00 bits per heavy atom. The van der Waals surface area contributed by atoms with Gasteiger partial charge in [-0.25, -0.2) is 10.2 Å². The Morgan fingerprint density at radius 3 is 2.65 bits per heavy atom. The van der Waals surface area contributed by atoms with Gasteiger partial charge in [-0.3, -0.25) is 4.79 Å². The molecule has 0 aliphatic heterocycles. The molecule has 26 heavy (non-hydrogen) atoms. The number of carbonyl (C=O) groups is 2. The first-order chi connectivity index (χ1) is 12.5. The highest BCUT2D eigenvalue weighted by Crippen LogP contribution is 2.36. The molecule has 2 aromatic carbocycles. The number of hydrogen-bond acceptors (Lipinski definition) is 5. The third-order valence-corrected chi connectivity index (χ3v) is 3.33. The molecular weight excluding hydrogens is 360 g/mol. The van der Waals surface area contributed by atoms with Crippen molar-refractivity contribution in [3.8, 4) is 11.5 Å². The second-order valence-corrected chi connectivity index (χ2v) is 5.38. The van der Waals surface area contributed by atoms with Gasteiger partial charge in [-0.2, -0.15) is 5.10 Å². The summed E-state index contributed by atoms with van der Waals surface area (Å²) < 4.78 is 10.7. The molecule has 0 spiro atoms. The van der Waals surface area contributed by atoms with Gasteiger partial charge in [0.2, 0.25) is 0 Å². The number of urea groups is 1. The number of ether oxygens (including phenoxy) is 2. The number of anilines is 1. The van der Waals surface area contributed by atoms with E-state index in [2.05, 4.69) is 15.8 Å². The first-order valence-corrected chi connectivity index (χ1v) is 7.81. The van der Waals surface area contributed by atoms with E-state index >= 15 is 0 Å². The van der Waals surface area contributed by atoms with Crippen molar-refractivity contribution in [2.45, 2.75) is 0 Å². The van der Waals surface area contributed by atoms with Gasteiger partial charge in [-0.1, -0.05) is 29.8 Å². The minimum atomic E-state index is -0.788.